The minimum Gasteiger partial charge on any atom is -0.462 e. The van der Waals surface area contributed by atoms with Gasteiger partial charge < -0.3 is 10.1 Å². The van der Waals surface area contributed by atoms with Gasteiger partial charge in [-0.2, -0.15) is 0 Å². The summed E-state index contributed by atoms with van der Waals surface area (Å²) in [6.45, 7) is 3.81. The summed E-state index contributed by atoms with van der Waals surface area (Å²) in [5, 5.41) is 2.80. The highest BCUT2D eigenvalue weighted by atomic mass is 16.5. The van der Waals surface area contributed by atoms with Crippen LogP contribution in [0.25, 0.3) is 0 Å². The van der Waals surface area contributed by atoms with E-state index in [9.17, 15) is 9.59 Å². The number of ether oxygens (including phenoxy) is 1. The molecule has 1 amide bonds. The quantitative estimate of drug-likeness (QED) is 0.834. The van der Waals surface area contributed by atoms with Crippen LogP contribution in [-0.4, -0.2) is 18.0 Å². The predicted molar refractivity (Wildman–Crippen MR) is 68.1 cm³/mol. The Labute approximate surface area is 106 Å². The third-order valence-corrected chi connectivity index (χ3v) is 3.00. The molecule has 0 bridgehead atoms. The van der Waals surface area contributed by atoms with Crippen LogP contribution in [-0.2, 0) is 14.3 Å². The van der Waals surface area contributed by atoms with Crippen molar-refractivity contribution in [2.75, 3.05) is 5.32 Å². The number of hydrogen-bond donors (Lipinski definition) is 1. The summed E-state index contributed by atoms with van der Waals surface area (Å²) in [5.74, 6) is -0.705. The SMILES string of the molecule is Cc1cccc(NC(=O)C[C@@H]2C[C@@H](C)OC2=O)c1. The highest BCUT2D eigenvalue weighted by molar-refractivity contribution is 5.93. The van der Waals surface area contributed by atoms with E-state index in [0.717, 1.165) is 11.3 Å². The second-order valence-corrected chi connectivity index (χ2v) is 4.80. The van der Waals surface area contributed by atoms with E-state index in [0.29, 0.717) is 6.42 Å². The third kappa shape index (κ3) is 3.09. The number of nitrogens with one attached hydrogen (secondary N) is 1. The van der Waals surface area contributed by atoms with E-state index < -0.39 is 0 Å². The lowest BCUT2D eigenvalue weighted by Gasteiger charge is -2.07. The molecule has 1 aliphatic rings. The van der Waals surface area contributed by atoms with Gasteiger partial charge in [0.25, 0.3) is 0 Å². The van der Waals surface area contributed by atoms with Crippen LogP contribution in [0.1, 0.15) is 25.3 Å². The summed E-state index contributed by atoms with van der Waals surface area (Å²) >= 11 is 0. The minimum atomic E-state index is -0.301. The van der Waals surface area contributed by atoms with E-state index in [-0.39, 0.29) is 30.3 Å². The second kappa shape index (κ2) is 5.21. The van der Waals surface area contributed by atoms with Crippen LogP contribution in [0.4, 0.5) is 5.69 Å². The van der Waals surface area contributed by atoms with Gasteiger partial charge in [-0.15, -0.1) is 0 Å². The molecule has 1 aromatic rings. The van der Waals surface area contributed by atoms with Gasteiger partial charge >= 0.3 is 5.97 Å². The maximum Gasteiger partial charge on any atom is 0.309 e. The molecule has 0 spiro atoms. The average Bonchev–Trinajstić information content (AvgIpc) is 2.57. The molecule has 1 heterocycles. The van der Waals surface area contributed by atoms with E-state index in [4.69, 9.17) is 4.74 Å². The molecule has 4 heteroatoms. The molecule has 1 saturated heterocycles. The average molecular weight is 247 g/mol. The van der Waals surface area contributed by atoms with Crippen molar-refractivity contribution in [1.82, 2.24) is 0 Å². The highest BCUT2D eigenvalue weighted by Gasteiger charge is 2.33. The summed E-state index contributed by atoms with van der Waals surface area (Å²) in [4.78, 5) is 23.2. The monoisotopic (exact) mass is 247 g/mol. The number of anilines is 1. The molecular weight excluding hydrogens is 230 g/mol. The molecule has 1 N–H and O–H groups in total. The number of carbonyl (C=O) groups excluding carboxylic acids is 2. The molecule has 0 unspecified atom stereocenters. The molecule has 2 atom stereocenters. The van der Waals surface area contributed by atoms with Crippen molar-refractivity contribution in [2.45, 2.75) is 32.8 Å². The van der Waals surface area contributed by atoms with Crippen LogP contribution in [0.15, 0.2) is 24.3 Å². The number of esters is 1. The molecule has 0 aromatic heterocycles. The van der Waals surface area contributed by atoms with Crippen molar-refractivity contribution >= 4 is 17.6 Å². The molecular formula is C14H17NO3. The summed E-state index contributed by atoms with van der Waals surface area (Å²) in [6, 6.07) is 7.58. The zero-order valence-electron chi connectivity index (χ0n) is 10.6. The van der Waals surface area contributed by atoms with E-state index in [1.54, 1.807) is 0 Å². The number of rotatable bonds is 3. The molecule has 96 valence electrons. The van der Waals surface area contributed by atoms with Crippen LogP contribution in [0.5, 0.6) is 0 Å². The van der Waals surface area contributed by atoms with E-state index in [1.807, 2.05) is 38.1 Å². The van der Waals surface area contributed by atoms with Crippen molar-refractivity contribution in [1.29, 1.82) is 0 Å². The topological polar surface area (TPSA) is 55.4 Å². The Balaban J connectivity index is 1.91. The lowest BCUT2D eigenvalue weighted by atomic mass is 10.0. The van der Waals surface area contributed by atoms with Gasteiger partial charge in [-0.25, -0.2) is 0 Å². The molecule has 1 aliphatic heterocycles. The summed E-state index contributed by atoms with van der Waals surface area (Å²) in [7, 11) is 0. The standard InChI is InChI=1S/C14H17NO3/c1-9-4-3-5-12(6-9)15-13(16)8-11-7-10(2)18-14(11)17/h3-6,10-11H,7-8H2,1-2H3,(H,15,16)/t10-,11+/m1/s1. The maximum atomic E-state index is 11.8. The van der Waals surface area contributed by atoms with Crippen LogP contribution in [0.2, 0.25) is 0 Å². The summed E-state index contributed by atoms with van der Waals surface area (Å²) in [6.07, 6.45) is 0.742. The number of benzene rings is 1. The van der Waals surface area contributed by atoms with E-state index in [2.05, 4.69) is 5.32 Å². The first kappa shape index (κ1) is 12.6. The van der Waals surface area contributed by atoms with Gasteiger partial charge in [-0.1, -0.05) is 12.1 Å². The Hall–Kier alpha value is -1.84. The molecule has 0 aliphatic carbocycles. The van der Waals surface area contributed by atoms with Crippen LogP contribution in [0, 0.1) is 12.8 Å². The lowest BCUT2D eigenvalue weighted by Crippen LogP contribution is -2.19. The minimum absolute atomic E-state index is 0.0748. The maximum absolute atomic E-state index is 11.8. The zero-order chi connectivity index (χ0) is 13.1. The number of hydrogen-bond acceptors (Lipinski definition) is 3. The Morgan fingerprint density at radius 1 is 1.50 bits per heavy atom. The largest absolute Gasteiger partial charge is 0.462 e. The van der Waals surface area contributed by atoms with Crippen LogP contribution < -0.4 is 5.32 Å². The Bertz CT molecular complexity index is 470. The molecule has 0 radical (unpaired) electrons. The first-order chi connectivity index (χ1) is 8.54. The fourth-order valence-electron chi connectivity index (χ4n) is 2.16. The number of aryl methyl sites for hydroxylation is 1. The molecule has 2 rings (SSSR count). The Morgan fingerprint density at radius 3 is 2.89 bits per heavy atom. The third-order valence-electron chi connectivity index (χ3n) is 3.00. The smallest absolute Gasteiger partial charge is 0.309 e. The fourth-order valence-corrected chi connectivity index (χ4v) is 2.16. The Kier molecular flexibility index (Phi) is 3.65. The van der Waals surface area contributed by atoms with Crippen molar-refractivity contribution < 1.29 is 14.3 Å². The Morgan fingerprint density at radius 2 is 2.28 bits per heavy atom. The highest BCUT2D eigenvalue weighted by Crippen LogP contribution is 2.24. The van der Waals surface area contributed by atoms with Gasteiger partial charge in [0.05, 0.1) is 12.0 Å². The van der Waals surface area contributed by atoms with Gasteiger partial charge in [-0.3, -0.25) is 9.59 Å². The molecule has 18 heavy (non-hydrogen) atoms. The van der Waals surface area contributed by atoms with E-state index >= 15 is 0 Å². The first-order valence-electron chi connectivity index (χ1n) is 6.11. The summed E-state index contributed by atoms with van der Waals surface area (Å²) < 4.78 is 5.03. The van der Waals surface area contributed by atoms with Crippen molar-refractivity contribution in [3.05, 3.63) is 29.8 Å². The lowest BCUT2D eigenvalue weighted by molar-refractivity contribution is -0.144. The molecule has 4 nitrogen and oxygen atoms in total. The van der Waals surface area contributed by atoms with Gasteiger partial charge in [0.15, 0.2) is 0 Å². The van der Waals surface area contributed by atoms with Gasteiger partial charge in [0.2, 0.25) is 5.91 Å². The zero-order valence-corrected chi connectivity index (χ0v) is 10.6. The number of carbonyl (C=O) groups is 2. The van der Waals surface area contributed by atoms with Gasteiger partial charge in [-0.05, 0) is 38.0 Å². The predicted octanol–water partition coefficient (Wildman–Crippen LogP) is 2.28. The van der Waals surface area contributed by atoms with Crippen LogP contribution >= 0.6 is 0 Å². The van der Waals surface area contributed by atoms with Crippen molar-refractivity contribution in [3.63, 3.8) is 0 Å². The number of amides is 1. The van der Waals surface area contributed by atoms with Gasteiger partial charge in [0, 0.05) is 12.1 Å². The van der Waals surface area contributed by atoms with Crippen molar-refractivity contribution in [3.8, 4) is 0 Å². The molecule has 1 fully saturated rings. The normalized spacial score (nSPS) is 22.7. The van der Waals surface area contributed by atoms with Gasteiger partial charge in [0.1, 0.15) is 0 Å². The first-order valence-corrected chi connectivity index (χ1v) is 6.11. The molecule has 1 aromatic carbocycles. The van der Waals surface area contributed by atoms with E-state index in [1.165, 1.54) is 0 Å². The summed E-state index contributed by atoms with van der Waals surface area (Å²) in [5.41, 5.74) is 1.85. The van der Waals surface area contributed by atoms with Crippen LogP contribution in [0.3, 0.4) is 0 Å². The molecule has 0 saturated carbocycles. The van der Waals surface area contributed by atoms with Crippen molar-refractivity contribution in [2.24, 2.45) is 5.92 Å². The fraction of sp³-hybridized carbons (Fsp3) is 0.429. The number of cyclic esters (lactones) is 1. The second-order valence-electron chi connectivity index (χ2n) is 4.80.